The summed E-state index contributed by atoms with van der Waals surface area (Å²) in [6.45, 7) is 14.6. The Labute approximate surface area is 257 Å². The Morgan fingerprint density at radius 1 is 1.14 bits per heavy atom. The molecule has 4 rings (SSSR count). The molecule has 11 heteroatoms. The van der Waals surface area contributed by atoms with Gasteiger partial charge in [0.25, 0.3) is 0 Å². The monoisotopic (exact) mass is 626 g/mol. The topological polar surface area (TPSA) is 108 Å². The van der Waals surface area contributed by atoms with E-state index in [1.54, 1.807) is 41.2 Å². The highest BCUT2D eigenvalue weighted by Crippen LogP contribution is 2.50. The van der Waals surface area contributed by atoms with Crippen LogP contribution in [0.5, 0.6) is 0 Å². The molecule has 0 spiro atoms. The van der Waals surface area contributed by atoms with Crippen molar-refractivity contribution in [1.29, 1.82) is 0 Å². The normalized spacial score (nSPS) is 19.7. The number of thioether (sulfide) groups is 1. The Morgan fingerprint density at radius 3 is 2.26 bits per heavy atom. The summed E-state index contributed by atoms with van der Waals surface area (Å²) >= 11 is 2.09. The number of piperidine rings is 1. The van der Waals surface area contributed by atoms with Crippen LogP contribution in [0.3, 0.4) is 0 Å². The van der Waals surface area contributed by atoms with Gasteiger partial charge in [-0.15, -0.1) is 11.8 Å². The zero-order chi connectivity index (χ0) is 32.4. The fourth-order valence-electron chi connectivity index (χ4n) is 4.63. The number of carboxylic acids is 2. The number of nitrogens with zero attached hydrogens (tertiary/aromatic N) is 1. The first-order chi connectivity index (χ1) is 20.0. The molecule has 1 aliphatic carbocycles. The van der Waals surface area contributed by atoms with Crippen molar-refractivity contribution in [2.24, 2.45) is 5.16 Å². The molecule has 1 aromatic rings. The highest BCUT2D eigenvalue weighted by Gasteiger charge is 2.38. The maximum atomic E-state index is 10.8. The maximum absolute atomic E-state index is 10.8. The highest BCUT2D eigenvalue weighted by molar-refractivity contribution is 7.99. The van der Waals surface area contributed by atoms with Gasteiger partial charge < -0.3 is 20.4 Å². The van der Waals surface area contributed by atoms with Crippen LogP contribution in [0.25, 0.3) is 0 Å². The maximum Gasteiger partial charge on any atom is 0.490 e. The third kappa shape index (κ3) is 12.0. The Hall–Kier alpha value is -2.79. The fraction of sp³-hybridized carbons (Fsp3) is 0.594. The number of nitrogens with one attached hydrogen (secondary N) is 1. The first-order valence-corrected chi connectivity index (χ1v) is 15.5. The number of oxime groups is 1. The number of alkyl halides is 3. The lowest BCUT2D eigenvalue weighted by molar-refractivity contribution is -0.192. The van der Waals surface area contributed by atoms with E-state index < -0.39 is 18.1 Å². The number of allylic oxidation sites excluding steroid dienone is 2. The van der Waals surface area contributed by atoms with E-state index in [4.69, 9.17) is 19.8 Å². The summed E-state index contributed by atoms with van der Waals surface area (Å²) in [5.74, 6) is -1.50. The van der Waals surface area contributed by atoms with Crippen molar-refractivity contribution in [3.63, 3.8) is 0 Å². The van der Waals surface area contributed by atoms with Crippen LogP contribution in [-0.4, -0.2) is 58.5 Å². The van der Waals surface area contributed by atoms with Gasteiger partial charge >= 0.3 is 18.1 Å². The van der Waals surface area contributed by atoms with E-state index >= 15 is 0 Å². The molecule has 0 bridgehead atoms. The Balaban J connectivity index is 0.000000250. The Bertz CT molecular complexity index is 1210. The predicted octanol–water partition coefficient (Wildman–Crippen LogP) is 7.78. The molecule has 0 aromatic heterocycles. The van der Waals surface area contributed by atoms with Crippen LogP contribution in [-0.2, 0) is 19.8 Å². The molecule has 3 aliphatic rings. The van der Waals surface area contributed by atoms with Gasteiger partial charge in [0.1, 0.15) is 5.60 Å². The molecular weight excluding hydrogens is 581 g/mol. The summed E-state index contributed by atoms with van der Waals surface area (Å²) in [4.78, 5) is 27.0. The summed E-state index contributed by atoms with van der Waals surface area (Å²) in [5.41, 5.74) is 6.04. The van der Waals surface area contributed by atoms with Gasteiger partial charge in [0.15, 0.2) is 0 Å². The van der Waals surface area contributed by atoms with E-state index in [-0.39, 0.29) is 11.2 Å². The minimum Gasteiger partial charge on any atom is -0.478 e. The lowest BCUT2D eigenvalue weighted by Crippen LogP contribution is -2.40. The van der Waals surface area contributed by atoms with Crippen LogP contribution in [0.2, 0.25) is 0 Å². The lowest BCUT2D eigenvalue weighted by atomic mass is 9.80. The molecule has 0 amide bonds. The third-order valence-corrected chi connectivity index (χ3v) is 8.73. The first-order valence-electron chi connectivity index (χ1n) is 14.6. The van der Waals surface area contributed by atoms with Gasteiger partial charge in [0.2, 0.25) is 0 Å². The van der Waals surface area contributed by atoms with Crippen molar-refractivity contribution >= 4 is 29.4 Å². The number of carboxylic acid groups (broad SMARTS) is 2. The molecule has 0 radical (unpaired) electrons. The average molecular weight is 627 g/mol. The molecule has 2 fully saturated rings. The van der Waals surface area contributed by atoms with Gasteiger partial charge in [-0.2, -0.15) is 13.2 Å². The summed E-state index contributed by atoms with van der Waals surface area (Å²) < 4.78 is 31.7. The largest absolute Gasteiger partial charge is 0.490 e. The van der Waals surface area contributed by atoms with Crippen molar-refractivity contribution in [3.8, 4) is 0 Å². The number of halogens is 3. The molecule has 43 heavy (non-hydrogen) atoms. The summed E-state index contributed by atoms with van der Waals surface area (Å²) in [6.07, 6.45) is 6.48. The molecular formula is C32H45F3N2O5S. The van der Waals surface area contributed by atoms with Crippen molar-refractivity contribution in [2.45, 2.75) is 108 Å². The van der Waals surface area contributed by atoms with Gasteiger partial charge in [0, 0.05) is 24.2 Å². The van der Waals surface area contributed by atoms with Crippen LogP contribution in [0.1, 0.15) is 95.8 Å². The second-order valence-corrected chi connectivity index (χ2v) is 13.2. The number of rotatable bonds is 7. The van der Waals surface area contributed by atoms with E-state index in [1.807, 2.05) is 6.92 Å². The van der Waals surface area contributed by atoms with Gasteiger partial charge in [-0.25, -0.2) is 9.59 Å². The van der Waals surface area contributed by atoms with Crippen LogP contribution in [0.15, 0.2) is 46.0 Å². The minimum atomic E-state index is -5.08. The summed E-state index contributed by atoms with van der Waals surface area (Å²) in [6, 6.07) is 4.86. The lowest BCUT2D eigenvalue weighted by Gasteiger charge is -2.34. The molecule has 7 nitrogen and oxygen atoms in total. The Morgan fingerprint density at radius 2 is 1.74 bits per heavy atom. The number of hydrogen-bond donors (Lipinski definition) is 3. The number of aryl methyl sites for hydroxylation is 1. The number of fused-ring (bicyclic) bond motifs is 1. The van der Waals surface area contributed by atoms with Crippen molar-refractivity contribution in [2.75, 3.05) is 18.8 Å². The molecule has 1 saturated carbocycles. The van der Waals surface area contributed by atoms with E-state index in [9.17, 15) is 18.0 Å². The number of aliphatic carboxylic acids is 2. The number of benzene rings is 1. The number of hydrogen-bond acceptors (Lipinski definition) is 6. The van der Waals surface area contributed by atoms with Gasteiger partial charge in [0.05, 0.1) is 11.3 Å². The first kappa shape index (κ1) is 36.4. The quantitative estimate of drug-likeness (QED) is 0.123. The predicted molar refractivity (Wildman–Crippen MR) is 165 cm³/mol. The molecule has 0 unspecified atom stereocenters. The zero-order valence-corrected chi connectivity index (χ0v) is 26.8. The van der Waals surface area contributed by atoms with Gasteiger partial charge in [-0.05, 0) is 88.3 Å². The van der Waals surface area contributed by atoms with E-state index in [0.29, 0.717) is 11.8 Å². The van der Waals surface area contributed by atoms with E-state index in [1.165, 1.54) is 30.6 Å². The molecule has 2 aliphatic heterocycles. The second-order valence-electron chi connectivity index (χ2n) is 12.1. The van der Waals surface area contributed by atoms with Crippen LogP contribution >= 0.6 is 11.8 Å². The van der Waals surface area contributed by atoms with Crippen molar-refractivity contribution in [3.05, 3.63) is 52.6 Å². The molecule has 1 aromatic carbocycles. The van der Waals surface area contributed by atoms with E-state index in [2.05, 4.69) is 62.1 Å². The summed E-state index contributed by atoms with van der Waals surface area (Å²) in [7, 11) is 0. The molecule has 1 saturated heterocycles. The Kier molecular flexibility index (Phi) is 13.4. The van der Waals surface area contributed by atoms with Crippen LogP contribution < -0.4 is 5.32 Å². The average Bonchev–Trinajstić information content (AvgIpc) is 3.76. The molecule has 0 atom stereocenters. The van der Waals surface area contributed by atoms with Crippen LogP contribution in [0, 0.1) is 6.92 Å². The van der Waals surface area contributed by atoms with E-state index in [0.717, 1.165) is 37.6 Å². The van der Waals surface area contributed by atoms with Crippen molar-refractivity contribution in [1.82, 2.24) is 5.32 Å². The number of carbonyl (C=O) groups is 2. The van der Waals surface area contributed by atoms with Gasteiger partial charge in [-0.3, -0.25) is 0 Å². The second kappa shape index (κ2) is 15.8. The SMILES string of the molecule is C/C=C(\C=C/C/C(C)=N/OC1(C)CCNCC1)C(=O)O.Cc1cc(C2CC2)c2c(c1)C(C)(C)CCS2.O=C(O)C(F)(F)F. The van der Waals surface area contributed by atoms with Crippen LogP contribution in [0.4, 0.5) is 13.2 Å². The molecule has 240 valence electrons. The minimum absolute atomic E-state index is 0.189. The third-order valence-electron chi connectivity index (χ3n) is 7.58. The smallest absolute Gasteiger partial charge is 0.478 e. The fourth-order valence-corrected chi connectivity index (χ4v) is 6.32. The molecule has 2 heterocycles. The highest BCUT2D eigenvalue weighted by atomic mass is 32.2. The standard InChI is InChI=1S/C15H24N2O3.C15H20S.C2HF3O2/c1-4-13(14(18)19)7-5-6-12(2)17-20-15(3)8-10-16-11-9-15;1-10-8-12(11-4-5-11)14-13(9-10)15(2,3)6-7-16-14;3-2(4,5)1(6)7/h4-5,7,16H,6,8-11H2,1-3H3,(H,18,19);8-9,11H,4-7H2,1-3H3;(H,6,7)/b7-5-,13-4+,17-12+;;. The van der Waals surface area contributed by atoms with Gasteiger partial charge in [-0.1, -0.05) is 54.9 Å². The zero-order valence-electron chi connectivity index (χ0n) is 25.9. The molecule has 3 N–H and O–H groups in total. The van der Waals surface area contributed by atoms with Crippen molar-refractivity contribution < 1.29 is 37.8 Å². The summed E-state index contributed by atoms with van der Waals surface area (Å²) in [5, 5.41) is 23.4.